The standard InChI is InChI=1S/C27H39NO3/c29-25(27-5-2-17-30-27)19-21-8-6-20(7-9-21)10-14-28-15-11-22(12-16-28)23-3-1-4-26-24(23)13-18-31-26/h1,3-4,20-22,27H,2,5-19H2. The minimum Gasteiger partial charge on any atom is -0.493 e. The minimum absolute atomic E-state index is 0.0786. The molecule has 4 aliphatic rings. The number of nitrogens with zero attached hydrogens (tertiary/aromatic N) is 1. The SMILES string of the molecule is O=C(CC1CCC(CCN2CCC(c3cccc4c3CCO4)CC2)CC1)C1CCCO1. The van der Waals surface area contributed by atoms with Crippen LogP contribution < -0.4 is 4.74 Å². The van der Waals surface area contributed by atoms with Crippen LogP contribution in [0.4, 0.5) is 0 Å². The third kappa shape index (κ3) is 5.17. The Morgan fingerprint density at radius 3 is 2.55 bits per heavy atom. The van der Waals surface area contributed by atoms with Gasteiger partial charge in [0.25, 0.3) is 0 Å². The summed E-state index contributed by atoms with van der Waals surface area (Å²) in [5.74, 6) is 3.69. The molecule has 3 heterocycles. The maximum Gasteiger partial charge on any atom is 0.161 e. The number of rotatable bonds is 7. The Bertz CT molecular complexity index is 741. The van der Waals surface area contributed by atoms with Crippen LogP contribution in [0, 0.1) is 11.8 Å². The Kier molecular flexibility index (Phi) is 6.95. The fourth-order valence-corrected chi connectivity index (χ4v) is 6.44. The van der Waals surface area contributed by atoms with Gasteiger partial charge in [-0.05, 0) is 94.0 Å². The largest absolute Gasteiger partial charge is 0.493 e. The number of piperidine rings is 1. The van der Waals surface area contributed by atoms with Crippen LogP contribution in [-0.2, 0) is 16.0 Å². The normalized spacial score (nSPS) is 29.6. The molecule has 0 spiro atoms. The lowest BCUT2D eigenvalue weighted by molar-refractivity contribution is -0.129. The molecule has 4 nitrogen and oxygen atoms in total. The minimum atomic E-state index is -0.0786. The molecule has 0 amide bonds. The van der Waals surface area contributed by atoms with E-state index >= 15 is 0 Å². The third-order valence-corrected chi connectivity index (χ3v) is 8.40. The zero-order valence-corrected chi connectivity index (χ0v) is 19.0. The second-order valence-corrected chi connectivity index (χ2v) is 10.4. The first-order chi connectivity index (χ1) is 15.3. The molecule has 1 saturated carbocycles. The van der Waals surface area contributed by atoms with Crippen LogP contribution in [0.1, 0.15) is 81.3 Å². The van der Waals surface area contributed by atoms with Crippen molar-refractivity contribution < 1.29 is 14.3 Å². The van der Waals surface area contributed by atoms with Crippen molar-refractivity contribution >= 4 is 5.78 Å². The number of likely N-dealkylation sites (tertiary alicyclic amines) is 1. The summed E-state index contributed by atoms with van der Waals surface area (Å²) in [4.78, 5) is 15.1. The second kappa shape index (κ2) is 10.0. The molecule has 0 bridgehead atoms. The molecule has 1 atom stereocenters. The molecule has 0 aromatic heterocycles. The van der Waals surface area contributed by atoms with Gasteiger partial charge in [-0.25, -0.2) is 0 Å². The van der Waals surface area contributed by atoms with E-state index in [1.807, 2.05) is 0 Å². The number of hydrogen-bond donors (Lipinski definition) is 0. The van der Waals surface area contributed by atoms with Crippen molar-refractivity contribution in [2.24, 2.45) is 11.8 Å². The molecule has 1 unspecified atom stereocenters. The fraction of sp³-hybridized carbons (Fsp3) is 0.741. The van der Waals surface area contributed by atoms with Gasteiger partial charge in [0.05, 0.1) is 6.61 Å². The smallest absolute Gasteiger partial charge is 0.161 e. The summed E-state index contributed by atoms with van der Waals surface area (Å²) < 4.78 is 11.4. The molecule has 3 aliphatic heterocycles. The molecule has 5 rings (SSSR count). The summed E-state index contributed by atoms with van der Waals surface area (Å²) >= 11 is 0. The fourth-order valence-electron chi connectivity index (χ4n) is 6.44. The highest BCUT2D eigenvalue weighted by Gasteiger charge is 2.29. The predicted octanol–water partition coefficient (Wildman–Crippen LogP) is 5.14. The molecule has 0 radical (unpaired) electrons. The molecule has 3 fully saturated rings. The summed E-state index contributed by atoms with van der Waals surface area (Å²) in [6.07, 6.45) is 12.8. The molecule has 170 valence electrons. The van der Waals surface area contributed by atoms with Crippen LogP contribution in [-0.4, -0.2) is 49.6 Å². The molecule has 0 N–H and O–H groups in total. The average Bonchev–Trinajstić information content (AvgIpc) is 3.51. The molecular formula is C27H39NO3. The van der Waals surface area contributed by atoms with Gasteiger partial charge in [0, 0.05) is 25.0 Å². The number of benzene rings is 1. The van der Waals surface area contributed by atoms with Crippen LogP contribution >= 0.6 is 0 Å². The number of carbonyl (C=O) groups excluding carboxylic acids is 1. The van der Waals surface area contributed by atoms with E-state index in [0.717, 1.165) is 50.6 Å². The molecule has 4 heteroatoms. The monoisotopic (exact) mass is 425 g/mol. The van der Waals surface area contributed by atoms with Gasteiger partial charge in [-0.3, -0.25) is 4.79 Å². The van der Waals surface area contributed by atoms with Gasteiger partial charge in [0.2, 0.25) is 0 Å². The van der Waals surface area contributed by atoms with Crippen LogP contribution in [0.25, 0.3) is 0 Å². The summed E-state index contributed by atoms with van der Waals surface area (Å²) in [7, 11) is 0. The van der Waals surface area contributed by atoms with E-state index in [0.29, 0.717) is 17.6 Å². The third-order valence-electron chi connectivity index (χ3n) is 8.40. The van der Waals surface area contributed by atoms with Gasteiger partial charge in [-0.2, -0.15) is 0 Å². The number of carbonyl (C=O) groups is 1. The van der Waals surface area contributed by atoms with E-state index in [1.54, 1.807) is 5.56 Å². The zero-order valence-electron chi connectivity index (χ0n) is 19.0. The molecule has 1 aromatic rings. The zero-order chi connectivity index (χ0) is 21.0. The first kappa shape index (κ1) is 21.5. The lowest BCUT2D eigenvalue weighted by Crippen LogP contribution is -2.35. The highest BCUT2D eigenvalue weighted by Crippen LogP contribution is 2.38. The highest BCUT2D eigenvalue weighted by molar-refractivity contribution is 5.83. The second-order valence-electron chi connectivity index (χ2n) is 10.4. The summed E-state index contributed by atoms with van der Waals surface area (Å²) in [6.45, 7) is 5.37. The van der Waals surface area contributed by atoms with Gasteiger partial charge < -0.3 is 14.4 Å². The van der Waals surface area contributed by atoms with Gasteiger partial charge in [-0.1, -0.05) is 25.0 Å². The van der Waals surface area contributed by atoms with Gasteiger partial charge in [0.15, 0.2) is 5.78 Å². The van der Waals surface area contributed by atoms with Gasteiger partial charge in [-0.15, -0.1) is 0 Å². The van der Waals surface area contributed by atoms with Crippen molar-refractivity contribution in [3.8, 4) is 5.75 Å². The summed E-state index contributed by atoms with van der Waals surface area (Å²) in [6, 6.07) is 6.65. The quantitative estimate of drug-likeness (QED) is 0.607. The number of fused-ring (bicyclic) bond motifs is 1. The van der Waals surface area contributed by atoms with Gasteiger partial charge in [0.1, 0.15) is 11.9 Å². The Hall–Kier alpha value is -1.39. The van der Waals surface area contributed by atoms with Crippen molar-refractivity contribution in [1.82, 2.24) is 4.90 Å². The van der Waals surface area contributed by atoms with E-state index in [9.17, 15) is 4.79 Å². The van der Waals surface area contributed by atoms with Gasteiger partial charge >= 0.3 is 0 Å². The number of Topliss-reactive ketones (excluding diaryl/α,β-unsaturated/α-hetero) is 1. The Morgan fingerprint density at radius 1 is 0.968 bits per heavy atom. The Labute approximate surface area is 187 Å². The van der Waals surface area contributed by atoms with Crippen molar-refractivity contribution in [3.05, 3.63) is 29.3 Å². The Balaban J connectivity index is 1.01. The molecule has 1 aromatic carbocycles. The first-order valence-corrected chi connectivity index (χ1v) is 12.9. The number of hydrogen-bond acceptors (Lipinski definition) is 4. The average molecular weight is 426 g/mol. The van der Waals surface area contributed by atoms with Crippen molar-refractivity contribution in [2.45, 2.75) is 82.7 Å². The summed E-state index contributed by atoms with van der Waals surface area (Å²) in [5, 5.41) is 0. The number of ketones is 1. The van der Waals surface area contributed by atoms with E-state index < -0.39 is 0 Å². The van der Waals surface area contributed by atoms with Crippen molar-refractivity contribution in [1.29, 1.82) is 0 Å². The molecular weight excluding hydrogens is 386 g/mol. The van der Waals surface area contributed by atoms with E-state index in [1.165, 1.54) is 70.1 Å². The van der Waals surface area contributed by atoms with E-state index in [2.05, 4.69) is 23.1 Å². The summed E-state index contributed by atoms with van der Waals surface area (Å²) in [5.41, 5.74) is 3.04. The van der Waals surface area contributed by atoms with E-state index in [-0.39, 0.29) is 6.10 Å². The van der Waals surface area contributed by atoms with Crippen LogP contribution in [0.3, 0.4) is 0 Å². The molecule has 31 heavy (non-hydrogen) atoms. The Morgan fingerprint density at radius 2 is 1.77 bits per heavy atom. The topological polar surface area (TPSA) is 38.8 Å². The van der Waals surface area contributed by atoms with Crippen molar-refractivity contribution in [3.63, 3.8) is 0 Å². The van der Waals surface area contributed by atoms with Crippen LogP contribution in [0.15, 0.2) is 18.2 Å². The maximum absolute atomic E-state index is 12.4. The highest BCUT2D eigenvalue weighted by atomic mass is 16.5. The van der Waals surface area contributed by atoms with Crippen LogP contribution in [0.5, 0.6) is 5.75 Å². The van der Waals surface area contributed by atoms with Crippen LogP contribution in [0.2, 0.25) is 0 Å². The first-order valence-electron chi connectivity index (χ1n) is 12.9. The molecule has 2 saturated heterocycles. The molecule has 1 aliphatic carbocycles. The van der Waals surface area contributed by atoms with E-state index in [4.69, 9.17) is 9.47 Å². The van der Waals surface area contributed by atoms with Crippen molar-refractivity contribution in [2.75, 3.05) is 32.8 Å². The lowest BCUT2D eigenvalue weighted by atomic mass is 9.78. The number of ether oxygens (including phenoxy) is 2. The predicted molar refractivity (Wildman–Crippen MR) is 123 cm³/mol. The maximum atomic E-state index is 12.4. The lowest BCUT2D eigenvalue weighted by Gasteiger charge is -2.35.